The highest BCUT2D eigenvalue weighted by atomic mass is 32.1. The molecule has 0 radical (unpaired) electrons. The number of carbonyl (C=O) groups is 1. The number of nitrogens with zero attached hydrogens (tertiary/aromatic N) is 1. The Balaban J connectivity index is 1.76. The first-order chi connectivity index (χ1) is 9.25. The van der Waals surface area contributed by atoms with Gasteiger partial charge in [-0.25, -0.2) is 0 Å². The van der Waals surface area contributed by atoms with Crippen LogP contribution in [0.4, 0.5) is 0 Å². The Morgan fingerprint density at radius 3 is 3.00 bits per heavy atom. The fourth-order valence-electron chi connectivity index (χ4n) is 2.61. The molecule has 0 aromatic carbocycles. The van der Waals surface area contributed by atoms with E-state index in [1.165, 1.54) is 9.75 Å². The molecule has 1 N–H and O–H groups in total. The maximum absolute atomic E-state index is 11.6. The molecule has 0 bridgehead atoms. The molecule has 0 fully saturated rings. The number of carboxylic acid groups (broad SMARTS) is 1. The summed E-state index contributed by atoms with van der Waals surface area (Å²) in [6.45, 7) is 1.66. The monoisotopic (exact) mass is 293 g/mol. The molecule has 3 heterocycles. The van der Waals surface area contributed by atoms with Crippen LogP contribution in [0.15, 0.2) is 29.0 Å². The molecular formula is C14H15NO2S2. The molecule has 2 aromatic heterocycles. The molecular weight excluding hydrogens is 278 g/mol. The van der Waals surface area contributed by atoms with Crippen molar-refractivity contribution in [3.8, 4) is 0 Å². The molecule has 1 unspecified atom stereocenters. The highest BCUT2D eigenvalue weighted by molar-refractivity contribution is 7.10. The lowest BCUT2D eigenvalue weighted by atomic mass is 10.00. The van der Waals surface area contributed by atoms with Crippen LogP contribution in [-0.4, -0.2) is 29.1 Å². The van der Waals surface area contributed by atoms with Gasteiger partial charge in [-0.15, -0.1) is 22.7 Å². The van der Waals surface area contributed by atoms with E-state index in [1.54, 1.807) is 22.7 Å². The van der Waals surface area contributed by atoms with Crippen molar-refractivity contribution in [2.75, 3.05) is 13.1 Å². The third kappa shape index (κ3) is 2.59. The van der Waals surface area contributed by atoms with Gasteiger partial charge in [0.05, 0.1) is 0 Å². The summed E-state index contributed by atoms with van der Waals surface area (Å²) in [7, 11) is 0. The van der Waals surface area contributed by atoms with Crippen LogP contribution >= 0.6 is 22.7 Å². The fourth-order valence-corrected chi connectivity index (χ4v) is 4.21. The smallest absolute Gasteiger partial charge is 0.325 e. The van der Waals surface area contributed by atoms with Crippen molar-refractivity contribution in [2.45, 2.75) is 18.9 Å². The lowest BCUT2D eigenvalue weighted by Crippen LogP contribution is -2.40. The number of hydrogen-bond acceptors (Lipinski definition) is 4. The average Bonchev–Trinajstić information content (AvgIpc) is 3.06. The minimum Gasteiger partial charge on any atom is -0.480 e. The first-order valence-electron chi connectivity index (χ1n) is 6.31. The Labute approximate surface area is 120 Å². The lowest BCUT2D eigenvalue weighted by molar-refractivity contribution is -0.144. The number of aliphatic carboxylic acids is 1. The van der Waals surface area contributed by atoms with Gasteiger partial charge in [0.15, 0.2) is 0 Å². The normalized spacial score (nSPS) is 19.3. The molecule has 0 amide bonds. The molecule has 19 heavy (non-hydrogen) atoms. The summed E-state index contributed by atoms with van der Waals surface area (Å²) in [6.07, 6.45) is 1.90. The maximum Gasteiger partial charge on any atom is 0.325 e. The zero-order chi connectivity index (χ0) is 13.2. The number of thiophene rings is 2. The molecule has 3 rings (SSSR count). The first kappa shape index (κ1) is 12.8. The van der Waals surface area contributed by atoms with Gasteiger partial charge in [0.1, 0.15) is 6.04 Å². The van der Waals surface area contributed by atoms with Crippen LogP contribution in [0.2, 0.25) is 0 Å². The fraction of sp³-hybridized carbons (Fsp3) is 0.357. The van der Waals surface area contributed by atoms with E-state index >= 15 is 0 Å². The van der Waals surface area contributed by atoms with Crippen molar-refractivity contribution < 1.29 is 9.90 Å². The van der Waals surface area contributed by atoms with E-state index in [-0.39, 0.29) is 0 Å². The second-order valence-corrected chi connectivity index (χ2v) is 6.69. The van der Waals surface area contributed by atoms with E-state index < -0.39 is 12.0 Å². The molecule has 0 spiro atoms. The first-order valence-corrected chi connectivity index (χ1v) is 8.07. The van der Waals surface area contributed by atoms with Crippen molar-refractivity contribution in [1.29, 1.82) is 0 Å². The summed E-state index contributed by atoms with van der Waals surface area (Å²) in [6, 6.07) is 5.66. The predicted octanol–water partition coefficient (Wildman–Crippen LogP) is 3.04. The van der Waals surface area contributed by atoms with E-state index in [2.05, 4.69) is 16.3 Å². The summed E-state index contributed by atoms with van der Waals surface area (Å²) in [5.41, 5.74) is 0.995. The van der Waals surface area contributed by atoms with E-state index in [9.17, 15) is 9.90 Å². The van der Waals surface area contributed by atoms with Gasteiger partial charge in [0.25, 0.3) is 0 Å². The number of rotatable bonds is 4. The number of carboxylic acids is 1. The Morgan fingerprint density at radius 1 is 1.37 bits per heavy atom. The molecule has 3 nitrogen and oxygen atoms in total. The second-order valence-electron chi connectivity index (χ2n) is 4.66. The number of hydrogen-bond donors (Lipinski definition) is 1. The van der Waals surface area contributed by atoms with Crippen molar-refractivity contribution in [3.63, 3.8) is 0 Å². The summed E-state index contributed by atoms with van der Waals surface area (Å²) in [5, 5.41) is 13.6. The molecule has 5 heteroatoms. The van der Waals surface area contributed by atoms with Crippen LogP contribution < -0.4 is 0 Å². The topological polar surface area (TPSA) is 40.5 Å². The van der Waals surface area contributed by atoms with Crippen LogP contribution in [0.3, 0.4) is 0 Å². The van der Waals surface area contributed by atoms with E-state index in [4.69, 9.17) is 0 Å². The van der Waals surface area contributed by atoms with Crippen molar-refractivity contribution >= 4 is 28.6 Å². The van der Waals surface area contributed by atoms with E-state index in [0.717, 1.165) is 31.5 Å². The summed E-state index contributed by atoms with van der Waals surface area (Å²) < 4.78 is 0. The molecule has 2 aromatic rings. The Bertz CT molecular complexity index is 562. The van der Waals surface area contributed by atoms with Gasteiger partial charge >= 0.3 is 5.97 Å². The van der Waals surface area contributed by atoms with Crippen molar-refractivity contribution in [2.24, 2.45) is 0 Å². The molecule has 1 aliphatic rings. The molecule has 0 saturated carbocycles. The molecule has 0 aliphatic carbocycles. The third-order valence-corrected chi connectivity index (χ3v) is 5.46. The van der Waals surface area contributed by atoms with Crippen LogP contribution in [0.25, 0.3) is 0 Å². The Hall–Kier alpha value is -1.17. The third-order valence-electron chi connectivity index (χ3n) is 3.53. The Kier molecular flexibility index (Phi) is 3.68. The SMILES string of the molecule is O=C(O)C1c2ccsc2CCN1CCc1cccs1. The van der Waals surface area contributed by atoms with Gasteiger partial charge in [-0.1, -0.05) is 6.07 Å². The summed E-state index contributed by atoms with van der Waals surface area (Å²) >= 11 is 3.41. The Morgan fingerprint density at radius 2 is 2.26 bits per heavy atom. The molecule has 1 aliphatic heterocycles. The quantitative estimate of drug-likeness (QED) is 0.942. The zero-order valence-electron chi connectivity index (χ0n) is 10.4. The van der Waals surface area contributed by atoms with Gasteiger partial charge in [0.2, 0.25) is 0 Å². The van der Waals surface area contributed by atoms with E-state index in [1.807, 2.05) is 17.5 Å². The standard InChI is InChI=1S/C14H15NO2S2/c16-14(17)13-11-5-9-19-12(11)4-7-15(13)6-3-10-2-1-8-18-10/h1-2,5,8-9,13H,3-4,6-7H2,(H,16,17). The zero-order valence-corrected chi connectivity index (χ0v) is 12.0. The van der Waals surface area contributed by atoms with Crippen molar-refractivity contribution in [3.05, 3.63) is 44.3 Å². The molecule has 1 atom stereocenters. The van der Waals surface area contributed by atoms with Gasteiger partial charge in [0, 0.05) is 22.8 Å². The average molecular weight is 293 g/mol. The molecule has 0 saturated heterocycles. The van der Waals surface area contributed by atoms with E-state index in [0.29, 0.717) is 0 Å². The highest BCUT2D eigenvalue weighted by Crippen LogP contribution is 2.33. The van der Waals surface area contributed by atoms with Crippen LogP contribution in [0.5, 0.6) is 0 Å². The van der Waals surface area contributed by atoms with Crippen LogP contribution in [-0.2, 0) is 17.6 Å². The van der Waals surface area contributed by atoms with Crippen LogP contribution in [0.1, 0.15) is 21.4 Å². The predicted molar refractivity (Wildman–Crippen MR) is 78.0 cm³/mol. The molecule has 100 valence electrons. The summed E-state index contributed by atoms with van der Waals surface area (Å²) in [4.78, 5) is 16.2. The van der Waals surface area contributed by atoms with Gasteiger partial charge in [-0.2, -0.15) is 0 Å². The minimum absolute atomic E-state index is 0.463. The van der Waals surface area contributed by atoms with Gasteiger partial charge < -0.3 is 5.11 Å². The van der Waals surface area contributed by atoms with Crippen molar-refractivity contribution in [1.82, 2.24) is 4.90 Å². The van der Waals surface area contributed by atoms with Gasteiger partial charge in [-0.3, -0.25) is 9.69 Å². The minimum atomic E-state index is -0.731. The van der Waals surface area contributed by atoms with Gasteiger partial charge in [-0.05, 0) is 41.3 Å². The van der Waals surface area contributed by atoms with Crippen LogP contribution in [0, 0.1) is 0 Å². The second kappa shape index (κ2) is 5.45. The number of fused-ring (bicyclic) bond motifs is 1. The highest BCUT2D eigenvalue weighted by Gasteiger charge is 2.33. The summed E-state index contributed by atoms with van der Waals surface area (Å²) in [5.74, 6) is -0.731. The largest absolute Gasteiger partial charge is 0.480 e. The maximum atomic E-state index is 11.6. The lowest BCUT2D eigenvalue weighted by Gasteiger charge is -2.32.